The van der Waals surface area contributed by atoms with Crippen molar-refractivity contribution in [3.8, 4) is 22.9 Å². The second kappa shape index (κ2) is 10.9. The summed E-state index contributed by atoms with van der Waals surface area (Å²) in [6, 6.07) is 14.6. The number of aromatic nitrogens is 3. The molecule has 1 N–H and O–H groups in total. The first kappa shape index (κ1) is 22.0. The number of hydrogen-bond donors (Lipinski definition) is 1. The number of halogens is 1. The lowest BCUT2D eigenvalue weighted by Gasteiger charge is -2.09. The van der Waals surface area contributed by atoms with E-state index >= 15 is 0 Å². The van der Waals surface area contributed by atoms with Crippen LogP contribution >= 0.6 is 23.4 Å². The van der Waals surface area contributed by atoms with Crippen molar-refractivity contribution in [1.82, 2.24) is 14.8 Å². The minimum atomic E-state index is -0.949. The minimum absolute atomic E-state index is 0.209. The average molecular weight is 448 g/mol. The van der Waals surface area contributed by atoms with Crippen molar-refractivity contribution >= 4 is 29.3 Å². The number of carboxylic acids is 1. The highest BCUT2D eigenvalue weighted by molar-refractivity contribution is 7.99. The van der Waals surface area contributed by atoms with Gasteiger partial charge in [0.1, 0.15) is 18.0 Å². The molecule has 9 heteroatoms. The molecular weight excluding hydrogens is 426 g/mol. The quantitative estimate of drug-likeness (QED) is 0.338. The largest absolute Gasteiger partial charge is 0.494 e. The maximum absolute atomic E-state index is 11.4. The molecule has 0 spiro atoms. The van der Waals surface area contributed by atoms with Crippen molar-refractivity contribution in [3.05, 3.63) is 53.6 Å². The van der Waals surface area contributed by atoms with E-state index in [1.165, 1.54) is 11.8 Å². The van der Waals surface area contributed by atoms with Crippen LogP contribution in [0.2, 0.25) is 5.02 Å². The van der Waals surface area contributed by atoms with Crippen molar-refractivity contribution in [2.75, 3.05) is 19.0 Å². The zero-order valence-corrected chi connectivity index (χ0v) is 18.0. The third kappa shape index (κ3) is 6.14. The fourth-order valence-electron chi connectivity index (χ4n) is 2.70. The van der Waals surface area contributed by atoms with Crippen LogP contribution in [0.15, 0.2) is 53.7 Å². The van der Waals surface area contributed by atoms with Gasteiger partial charge in [0.2, 0.25) is 0 Å². The second-order valence-corrected chi connectivity index (χ2v) is 7.75. The van der Waals surface area contributed by atoms with E-state index in [4.69, 9.17) is 21.1 Å². The topological polar surface area (TPSA) is 86.5 Å². The van der Waals surface area contributed by atoms with Gasteiger partial charge in [-0.2, -0.15) is 0 Å². The van der Waals surface area contributed by atoms with Crippen LogP contribution in [-0.4, -0.2) is 44.8 Å². The van der Waals surface area contributed by atoms with E-state index in [1.54, 1.807) is 16.7 Å². The molecule has 0 fully saturated rings. The molecule has 0 aliphatic carbocycles. The summed E-state index contributed by atoms with van der Waals surface area (Å²) in [7, 11) is 0. The predicted molar refractivity (Wildman–Crippen MR) is 117 cm³/mol. The summed E-state index contributed by atoms with van der Waals surface area (Å²) < 4.78 is 12.7. The molecule has 7 nitrogen and oxygen atoms in total. The number of carbonyl (C=O) groups is 1. The molecule has 0 aliphatic heterocycles. The first-order valence-corrected chi connectivity index (χ1v) is 10.8. The van der Waals surface area contributed by atoms with E-state index in [0.29, 0.717) is 35.0 Å². The summed E-state index contributed by atoms with van der Waals surface area (Å²) in [5.74, 6) is 1.79. The van der Waals surface area contributed by atoms with Crippen LogP contribution in [0.5, 0.6) is 11.5 Å². The van der Waals surface area contributed by atoms with Crippen LogP contribution < -0.4 is 9.47 Å². The van der Waals surface area contributed by atoms with Crippen molar-refractivity contribution < 1.29 is 19.4 Å². The monoisotopic (exact) mass is 447 g/mol. The molecule has 0 saturated heterocycles. The molecule has 3 aromatic rings. The Morgan fingerprint density at radius 2 is 1.73 bits per heavy atom. The molecule has 1 aromatic heterocycles. The SMILES string of the molecule is CCOc1ccc(-c2nnc(SCCCOc3ccc(Cl)cc3)n2CC(=O)O)cc1. The number of benzene rings is 2. The van der Waals surface area contributed by atoms with E-state index < -0.39 is 5.97 Å². The summed E-state index contributed by atoms with van der Waals surface area (Å²) in [5.41, 5.74) is 0.783. The second-order valence-electron chi connectivity index (χ2n) is 6.25. The van der Waals surface area contributed by atoms with Crippen LogP contribution in [0.4, 0.5) is 0 Å². The third-order valence-corrected chi connectivity index (χ3v) is 5.34. The van der Waals surface area contributed by atoms with Gasteiger partial charge in [-0.15, -0.1) is 10.2 Å². The predicted octanol–water partition coefficient (Wildman–Crippen LogP) is 4.64. The highest BCUT2D eigenvalue weighted by atomic mass is 35.5. The van der Waals surface area contributed by atoms with Crippen LogP contribution in [-0.2, 0) is 11.3 Å². The number of nitrogens with zero attached hydrogens (tertiary/aromatic N) is 3. The van der Waals surface area contributed by atoms with Gasteiger partial charge in [-0.1, -0.05) is 23.4 Å². The molecule has 0 amide bonds. The lowest BCUT2D eigenvalue weighted by Crippen LogP contribution is -2.11. The third-order valence-electron chi connectivity index (χ3n) is 4.04. The number of thioether (sulfide) groups is 1. The maximum Gasteiger partial charge on any atom is 0.323 e. The van der Waals surface area contributed by atoms with Gasteiger partial charge in [0.25, 0.3) is 0 Å². The van der Waals surface area contributed by atoms with E-state index in [1.807, 2.05) is 43.3 Å². The molecule has 0 saturated carbocycles. The van der Waals surface area contributed by atoms with E-state index in [-0.39, 0.29) is 6.54 Å². The normalized spacial score (nSPS) is 10.7. The summed E-state index contributed by atoms with van der Waals surface area (Å²) >= 11 is 7.31. The van der Waals surface area contributed by atoms with Gasteiger partial charge >= 0.3 is 5.97 Å². The fraction of sp³-hybridized carbons (Fsp3) is 0.286. The van der Waals surface area contributed by atoms with Gasteiger partial charge < -0.3 is 14.6 Å². The number of ether oxygens (including phenoxy) is 2. The minimum Gasteiger partial charge on any atom is -0.494 e. The van der Waals surface area contributed by atoms with Crippen molar-refractivity contribution in [3.63, 3.8) is 0 Å². The van der Waals surface area contributed by atoms with Crippen molar-refractivity contribution in [2.45, 2.75) is 25.0 Å². The standard InChI is InChI=1S/C21H22ClN3O4S/c1-2-28-17-8-4-15(5-9-17)20-23-24-21(25(20)14-19(26)27)30-13-3-12-29-18-10-6-16(22)7-11-18/h4-11H,2-3,12-14H2,1H3,(H,26,27). The first-order chi connectivity index (χ1) is 14.6. The van der Waals surface area contributed by atoms with E-state index in [2.05, 4.69) is 10.2 Å². The van der Waals surface area contributed by atoms with Gasteiger partial charge in [0, 0.05) is 16.3 Å². The highest BCUT2D eigenvalue weighted by Gasteiger charge is 2.16. The molecule has 1 heterocycles. The summed E-state index contributed by atoms with van der Waals surface area (Å²) in [6.45, 7) is 2.82. The van der Waals surface area contributed by atoms with E-state index in [9.17, 15) is 9.90 Å². The highest BCUT2D eigenvalue weighted by Crippen LogP contribution is 2.26. The zero-order chi connectivity index (χ0) is 21.3. The Bertz CT molecular complexity index is 961. The van der Waals surface area contributed by atoms with Crippen LogP contribution in [0, 0.1) is 0 Å². The Labute approximate surface area is 184 Å². The molecular formula is C21H22ClN3O4S. The summed E-state index contributed by atoms with van der Waals surface area (Å²) in [5, 5.41) is 19.0. The summed E-state index contributed by atoms with van der Waals surface area (Å²) in [4.78, 5) is 11.4. The van der Waals surface area contributed by atoms with Crippen LogP contribution in [0.1, 0.15) is 13.3 Å². The van der Waals surface area contributed by atoms with Gasteiger partial charge in [-0.3, -0.25) is 9.36 Å². The fourth-order valence-corrected chi connectivity index (χ4v) is 3.67. The molecule has 158 valence electrons. The number of carboxylic acid groups (broad SMARTS) is 1. The van der Waals surface area contributed by atoms with Gasteiger partial charge in [0.15, 0.2) is 11.0 Å². The smallest absolute Gasteiger partial charge is 0.323 e. The molecule has 0 aliphatic rings. The van der Waals surface area contributed by atoms with Crippen LogP contribution in [0.25, 0.3) is 11.4 Å². The zero-order valence-electron chi connectivity index (χ0n) is 16.5. The molecule has 0 bridgehead atoms. The lowest BCUT2D eigenvalue weighted by molar-refractivity contribution is -0.137. The Hall–Kier alpha value is -2.71. The molecule has 2 aromatic carbocycles. The number of aliphatic carboxylic acids is 1. The Morgan fingerprint density at radius 3 is 2.40 bits per heavy atom. The number of rotatable bonds is 11. The molecule has 3 rings (SSSR count). The van der Waals surface area contributed by atoms with Crippen molar-refractivity contribution in [1.29, 1.82) is 0 Å². The van der Waals surface area contributed by atoms with Crippen LogP contribution in [0.3, 0.4) is 0 Å². The van der Waals surface area contributed by atoms with Gasteiger partial charge in [0.05, 0.1) is 13.2 Å². The van der Waals surface area contributed by atoms with Crippen molar-refractivity contribution in [2.24, 2.45) is 0 Å². The average Bonchev–Trinajstić information content (AvgIpc) is 3.12. The lowest BCUT2D eigenvalue weighted by atomic mass is 10.2. The Morgan fingerprint density at radius 1 is 1.07 bits per heavy atom. The first-order valence-electron chi connectivity index (χ1n) is 9.46. The molecule has 30 heavy (non-hydrogen) atoms. The summed E-state index contributed by atoms with van der Waals surface area (Å²) in [6.07, 6.45) is 0.769. The van der Waals surface area contributed by atoms with E-state index in [0.717, 1.165) is 23.5 Å². The molecule has 0 radical (unpaired) electrons. The Kier molecular flexibility index (Phi) is 7.98. The van der Waals surface area contributed by atoms with Gasteiger partial charge in [-0.25, -0.2) is 0 Å². The molecule has 0 unspecified atom stereocenters. The maximum atomic E-state index is 11.4. The van der Waals surface area contributed by atoms with Gasteiger partial charge in [-0.05, 0) is 61.9 Å². The molecule has 0 atom stereocenters. The number of hydrogen-bond acceptors (Lipinski definition) is 6. The Balaban J connectivity index is 1.61.